The normalized spacial score (nSPS) is 38.7. The smallest absolute Gasteiger partial charge is 0.362 e. The highest BCUT2D eigenvalue weighted by Crippen LogP contribution is 2.68. The van der Waals surface area contributed by atoms with Gasteiger partial charge < -0.3 is 15.3 Å². The van der Waals surface area contributed by atoms with Crippen LogP contribution in [-0.4, -0.2) is 57.1 Å². The van der Waals surface area contributed by atoms with E-state index in [4.69, 9.17) is 9.78 Å². The lowest BCUT2D eigenvalue weighted by atomic mass is 9.44. The summed E-state index contributed by atoms with van der Waals surface area (Å²) in [5.74, 6) is -3.75. The standard InChI is InChI=1S/C29H40O9/c1-5-6-7-24(34)37-38-26(35)16(2)21-13-18(31)12-17-8-9-19-20-10-11-29(36,23(33)15-30)27(20,3)14-22(32)25(19)28(17,21)4/h12-13,16,19-20,22,25,30,32,36H,5-11,14-15H2,1-4H3/t16?,19-,20-,22-,25+,27-,28+,29-/m0/s1. The van der Waals surface area contributed by atoms with Crippen molar-refractivity contribution in [2.75, 3.05) is 6.61 Å². The molecule has 0 aromatic rings. The Kier molecular flexibility index (Phi) is 7.78. The lowest BCUT2D eigenvalue weighted by Crippen LogP contribution is -2.62. The van der Waals surface area contributed by atoms with Crippen molar-refractivity contribution in [1.82, 2.24) is 0 Å². The van der Waals surface area contributed by atoms with E-state index < -0.39 is 52.8 Å². The molecular weight excluding hydrogens is 492 g/mol. The first-order valence-corrected chi connectivity index (χ1v) is 13.8. The van der Waals surface area contributed by atoms with Crippen LogP contribution in [0.25, 0.3) is 0 Å². The summed E-state index contributed by atoms with van der Waals surface area (Å²) in [6.45, 7) is 6.55. The number of aliphatic hydroxyl groups is 3. The molecule has 8 atom stereocenters. The maximum atomic E-state index is 13.0. The molecule has 38 heavy (non-hydrogen) atoms. The Morgan fingerprint density at radius 3 is 2.53 bits per heavy atom. The minimum absolute atomic E-state index is 0.0851. The number of aliphatic hydroxyl groups excluding tert-OH is 2. The Morgan fingerprint density at radius 1 is 1.16 bits per heavy atom. The molecular formula is C29H40O9. The number of allylic oxidation sites excluding steroid dienone is 3. The predicted octanol–water partition coefficient (Wildman–Crippen LogP) is 2.76. The molecule has 0 aromatic carbocycles. The van der Waals surface area contributed by atoms with Crippen molar-refractivity contribution in [2.45, 2.75) is 90.8 Å². The quantitative estimate of drug-likeness (QED) is 0.332. The highest BCUT2D eigenvalue weighted by molar-refractivity contribution is 6.03. The van der Waals surface area contributed by atoms with Crippen LogP contribution >= 0.6 is 0 Å². The van der Waals surface area contributed by atoms with Gasteiger partial charge in [-0.15, -0.1) is 0 Å². The highest BCUT2D eigenvalue weighted by atomic mass is 17.2. The van der Waals surface area contributed by atoms with Crippen LogP contribution in [0.1, 0.15) is 79.1 Å². The third-order valence-electron chi connectivity index (χ3n) is 10.3. The third-order valence-corrected chi connectivity index (χ3v) is 10.3. The van der Waals surface area contributed by atoms with Crippen molar-refractivity contribution < 1.29 is 44.3 Å². The molecule has 0 aliphatic heterocycles. The second-order valence-electron chi connectivity index (χ2n) is 12.1. The van der Waals surface area contributed by atoms with E-state index >= 15 is 0 Å². The van der Waals surface area contributed by atoms with E-state index in [9.17, 15) is 34.5 Å². The number of Topliss-reactive ketones (excluding diaryl/α,β-unsaturated/α-hetero) is 1. The number of ketones is 2. The summed E-state index contributed by atoms with van der Waals surface area (Å²) in [6, 6.07) is 0. The van der Waals surface area contributed by atoms with Crippen molar-refractivity contribution in [3.8, 4) is 0 Å². The summed E-state index contributed by atoms with van der Waals surface area (Å²) in [6.07, 6.45) is 5.79. The number of rotatable bonds is 7. The van der Waals surface area contributed by atoms with Gasteiger partial charge in [0.25, 0.3) is 0 Å². The van der Waals surface area contributed by atoms with Crippen LogP contribution in [0.3, 0.4) is 0 Å². The zero-order valence-electron chi connectivity index (χ0n) is 22.7. The molecule has 0 heterocycles. The lowest BCUT2D eigenvalue weighted by Gasteiger charge is -2.61. The molecule has 0 amide bonds. The van der Waals surface area contributed by atoms with E-state index in [0.717, 1.165) is 12.0 Å². The molecule has 3 fully saturated rings. The third kappa shape index (κ3) is 4.27. The van der Waals surface area contributed by atoms with Crippen LogP contribution in [0.5, 0.6) is 0 Å². The van der Waals surface area contributed by atoms with Crippen LogP contribution in [0, 0.1) is 34.5 Å². The van der Waals surface area contributed by atoms with Crippen molar-refractivity contribution in [3.05, 3.63) is 23.3 Å². The van der Waals surface area contributed by atoms with Gasteiger partial charge in [-0.05, 0) is 75.0 Å². The predicted molar refractivity (Wildman–Crippen MR) is 135 cm³/mol. The van der Waals surface area contributed by atoms with E-state index in [1.165, 1.54) is 6.08 Å². The molecule has 3 N–H and O–H groups in total. The summed E-state index contributed by atoms with van der Waals surface area (Å²) >= 11 is 0. The molecule has 4 aliphatic rings. The fraction of sp³-hybridized carbons (Fsp3) is 0.724. The molecule has 0 radical (unpaired) electrons. The number of fused-ring (bicyclic) bond motifs is 5. The van der Waals surface area contributed by atoms with E-state index in [1.54, 1.807) is 13.0 Å². The van der Waals surface area contributed by atoms with E-state index in [1.807, 2.05) is 20.8 Å². The van der Waals surface area contributed by atoms with Crippen LogP contribution in [-0.2, 0) is 29.0 Å². The van der Waals surface area contributed by atoms with Gasteiger partial charge in [-0.2, -0.15) is 0 Å². The lowest BCUT2D eigenvalue weighted by molar-refractivity contribution is -0.261. The zero-order chi connectivity index (χ0) is 28.0. The molecule has 210 valence electrons. The molecule has 4 aliphatic carbocycles. The number of carbonyl (C=O) groups excluding carboxylic acids is 4. The van der Waals surface area contributed by atoms with Crippen LogP contribution in [0.15, 0.2) is 23.3 Å². The minimum Gasteiger partial charge on any atom is -0.393 e. The van der Waals surface area contributed by atoms with Gasteiger partial charge in [-0.3, -0.25) is 9.59 Å². The Bertz CT molecular complexity index is 1080. The average Bonchev–Trinajstić information content (AvgIpc) is 3.15. The topological polar surface area (TPSA) is 147 Å². The summed E-state index contributed by atoms with van der Waals surface area (Å²) in [5.41, 5.74) is -2.12. The molecule has 0 saturated heterocycles. The van der Waals surface area contributed by atoms with Gasteiger partial charge in [-0.1, -0.05) is 32.8 Å². The summed E-state index contributed by atoms with van der Waals surface area (Å²) in [7, 11) is 0. The minimum atomic E-state index is -1.71. The summed E-state index contributed by atoms with van der Waals surface area (Å²) < 4.78 is 0. The first-order chi connectivity index (χ1) is 17.8. The van der Waals surface area contributed by atoms with E-state index in [0.29, 0.717) is 31.3 Å². The van der Waals surface area contributed by atoms with Gasteiger partial charge in [0, 0.05) is 16.7 Å². The molecule has 3 saturated carbocycles. The van der Waals surface area contributed by atoms with Crippen molar-refractivity contribution in [1.29, 1.82) is 0 Å². The number of hydrogen-bond donors (Lipinski definition) is 3. The monoisotopic (exact) mass is 532 g/mol. The van der Waals surface area contributed by atoms with Crippen molar-refractivity contribution in [3.63, 3.8) is 0 Å². The van der Waals surface area contributed by atoms with Crippen LogP contribution in [0.2, 0.25) is 0 Å². The van der Waals surface area contributed by atoms with Gasteiger partial charge in [0.05, 0.1) is 18.4 Å². The summed E-state index contributed by atoms with van der Waals surface area (Å²) in [4.78, 5) is 59.8. The molecule has 0 bridgehead atoms. The summed E-state index contributed by atoms with van der Waals surface area (Å²) in [5, 5.41) is 32.7. The maximum absolute atomic E-state index is 13.0. The first kappa shape index (κ1) is 28.6. The SMILES string of the molecule is CCCCC(=O)OOC(=O)C(C)C1=CC(=O)C=C2CC[C@@H]3[C@H]([C@@H](O)C[C@@]4(C)[C@H]3CC[C@]4(O)C(=O)CO)[C@]21C. The van der Waals surface area contributed by atoms with Crippen molar-refractivity contribution >= 4 is 23.5 Å². The molecule has 1 unspecified atom stereocenters. The number of hydrogen-bond acceptors (Lipinski definition) is 9. The molecule has 4 rings (SSSR count). The molecule has 9 nitrogen and oxygen atoms in total. The van der Waals surface area contributed by atoms with Crippen LogP contribution < -0.4 is 0 Å². The Morgan fingerprint density at radius 2 is 1.87 bits per heavy atom. The molecule has 0 aromatic heterocycles. The Hall–Kier alpha value is -2.36. The van der Waals surface area contributed by atoms with Gasteiger partial charge in [-0.25, -0.2) is 19.4 Å². The molecule has 9 heteroatoms. The van der Waals surface area contributed by atoms with Gasteiger partial charge >= 0.3 is 11.9 Å². The number of carbonyl (C=O) groups is 4. The Balaban J connectivity index is 1.64. The van der Waals surface area contributed by atoms with Crippen LogP contribution in [0.4, 0.5) is 0 Å². The van der Waals surface area contributed by atoms with Crippen molar-refractivity contribution in [2.24, 2.45) is 34.5 Å². The number of unbranched alkanes of at least 4 members (excludes halogenated alkanes) is 1. The maximum Gasteiger partial charge on any atom is 0.362 e. The van der Waals surface area contributed by atoms with E-state index in [-0.39, 0.29) is 42.8 Å². The van der Waals surface area contributed by atoms with Gasteiger partial charge in [0.15, 0.2) is 11.6 Å². The second kappa shape index (κ2) is 10.3. The fourth-order valence-corrected chi connectivity index (χ4v) is 8.30. The second-order valence-corrected chi connectivity index (χ2v) is 12.1. The Labute approximate surface area is 223 Å². The van der Waals surface area contributed by atoms with Gasteiger partial charge in [0.2, 0.25) is 0 Å². The van der Waals surface area contributed by atoms with Gasteiger partial charge in [0.1, 0.15) is 12.2 Å². The first-order valence-electron chi connectivity index (χ1n) is 13.8. The fourth-order valence-electron chi connectivity index (χ4n) is 8.30. The zero-order valence-corrected chi connectivity index (χ0v) is 22.7. The highest BCUT2D eigenvalue weighted by Gasteiger charge is 2.68. The average molecular weight is 533 g/mol. The largest absolute Gasteiger partial charge is 0.393 e. The van der Waals surface area contributed by atoms with E-state index in [2.05, 4.69) is 0 Å². The molecule has 0 spiro atoms.